The van der Waals surface area contributed by atoms with Gasteiger partial charge in [-0.25, -0.2) is 4.79 Å². The van der Waals surface area contributed by atoms with Crippen LogP contribution < -0.4 is 16.0 Å². The first-order valence-electron chi connectivity index (χ1n) is 7.68. The van der Waals surface area contributed by atoms with Gasteiger partial charge in [-0.1, -0.05) is 18.2 Å². The van der Waals surface area contributed by atoms with E-state index < -0.39 is 12.1 Å². The lowest BCUT2D eigenvalue weighted by atomic mass is 9.80. The molecule has 1 aliphatic carbocycles. The molecular formula is C16H19N3O4. The Morgan fingerprint density at radius 1 is 1.22 bits per heavy atom. The summed E-state index contributed by atoms with van der Waals surface area (Å²) in [5.74, 6) is 0.0505. The van der Waals surface area contributed by atoms with E-state index in [9.17, 15) is 14.4 Å². The lowest BCUT2D eigenvalue weighted by molar-refractivity contribution is -0.123. The van der Waals surface area contributed by atoms with Gasteiger partial charge in [-0.2, -0.15) is 0 Å². The predicted octanol–water partition coefficient (Wildman–Crippen LogP) is 0.420. The van der Waals surface area contributed by atoms with Crippen molar-refractivity contribution in [1.29, 1.82) is 0 Å². The van der Waals surface area contributed by atoms with E-state index in [1.165, 1.54) is 0 Å². The van der Waals surface area contributed by atoms with Gasteiger partial charge in [0.15, 0.2) is 0 Å². The van der Waals surface area contributed by atoms with Gasteiger partial charge in [-0.15, -0.1) is 0 Å². The smallest absolute Gasteiger partial charge is 0.407 e. The molecule has 1 saturated heterocycles. The monoisotopic (exact) mass is 317 g/mol. The highest BCUT2D eigenvalue weighted by Crippen LogP contribution is 2.27. The van der Waals surface area contributed by atoms with Crippen molar-refractivity contribution >= 4 is 17.9 Å². The summed E-state index contributed by atoms with van der Waals surface area (Å²) in [6.45, 7) is 0.619. The molecule has 1 atom stereocenters. The number of rotatable bonds is 5. The van der Waals surface area contributed by atoms with Gasteiger partial charge in [0.25, 0.3) is 5.91 Å². The minimum Gasteiger partial charge on any atom is -0.447 e. The molecule has 23 heavy (non-hydrogen) atoms. The van der Waals surface area contributed by atoms with Crippen molar-refractivity contribution in [3.05, 3.63) is 35.9 Å². The van der Waals surface area contributed by atoms with Crippen LogP contribution >= 0.6 is 0 Å². The quantitative estimate of drug-likeness (QED) is 0.733. The first kappa shape index (κ1) is 15.3. The number of alkyl carbamates (subject to hydrolysis) is 1. The second kappa shape index (κ2) is 6.68. The van der Waals surface area contributed by atoms with Crippen molar-refractivity contribution in [2.45, 2.75) is 24.9 Å². The number of amides is 3. The fourth-order valence-corrected chi connectivity index (χ4v) is 2.77. The summed E-state index contributed by atoms with van der Waals surface area (Å²) in [5.41, 5.74) is 0.654. The summed E-state index contributed by atoms with van der Waals surface area (Å²) in [6, 6.07) is 8.65. The van der Waals surface area contributed by atoms with Crippen molar-refractivity contribution in [3.63, 3.8) is 0 Å². The van der Waals surface area contributed by atoms with E-state index in [0.29, 0.717) is 18.0 Å². The molecule has 2 fully saturated rings. The molecule has 0 radical (unpaired) electrons. The maximum absolute atomic E-state index is 12.0. The van der Waals surface area contributed by atoms with Crippen LogP contribution in [0.3, 0.4) is 0 Å². The Kier molecular flexibility index (Phi) is 4.45. The summed E-state index contributed by atoms with van der Waals surface area (Å²) in [7, 11) is 0. The van der Waals surface area contributed by atoms with Gasteiger partial charge < -0.3 is 20.7 Å². The largest absolute Gasteiger partial charge is 0.447 e. The van der Waals surface area contributed by atoms with Crippen LogP contribution in [-0.4, -0.2) is 43.1 Å². The number of carbonyl (C=O) groups excluding carboxylic acids is 3. The minimum atomic E-state index is -0.601. The van der Waals surface area contributed by atoms with E-state index in [0.717, 1.165) is 12.8 Å². The topological polar surface area (TPSA) is 96.5 Å². The van der Waals surface area contributed by atoms with Crippen LogP contribution in [0.5, 0.6) is 0 Å². The summed E-state index contributed by atoms with van der Waals surface area (Å²) in [5, 5.41) is 8.23. The van der Waals surface area contributed by atoms with Gasteiger partial charge in [0.05, 0.1) is 0 Å². The summed E-state index contributed by atoms with van der Waals surface area (Å²) in [4.78, 5) is 34.7. The molecule has 0 spiro atoms. The Labute approximate surface area is 133 Å². The van der Waals surface area contributed by atoms with Gasteiger partial charge in [-0.3, -0.25) is 9.59 Å². The van der Waals surface area contributed by atoms with Crippen molar-refractivity contribution < 1.29 is 19.1 Å². The Morgan fingerprint density at radius 2 is 1.96 bits per heavy atom. The molecule has 1 saturated carbocycles. The van der Waals surface area contributed by atoms with Crippen LogP contribution in [0.2, 0.25) is 0 Å². The molecular weight excluding hydrogens is 298 g/mol. The number of cyclic esters (lactones) is 1. The Bertz CT molecular complexity index is 599. The van der Waals surface area contributed by atoms with E-state index in [2.05, 4.69) is 20.7 Å². The first-order valence-corrected chi connectivity index (χ1v) is 7.68. The number of nitrogens with one attached hydrogen (secondary N) is 3. The fourth-order valence-electron chi connectivity index (χ4n) is 2.77. The van der Waals surface area contributed by atoms with E-state index in [1.807, 2.05) is 18.2 Å². The summed E-state index contributed by atoms with van der Waals surface area (Å²) >= 11 is 0. The van der Waals surface area contributed by atoms with Gasteiger partial charge in [0, 0.05) is 18.2 Å². The average Bonchev–Trinajstić information content (AvgIpc) is 2.96. The standard InChI is InChI=1S/C16H19N3O4/c20-14(11-4-2-1-3-5-11)18-12-6-10(7-12)8-17-15(21)13-9-23-16(22)19-13/h1-5,10,12-13H,6-9H2,(H,17,21)(H,18,20)(H,19,22)/t10?,12?,13-/m0/s1. The molecule has 3 rings (SSSR count). The molecule has 2 aliphatic rings. The third kappa shape index (κ3) is 3.80. The van der Waals surface area contributed by atoms with Crippen molar-refractivity contribution in [2.75, 3.05) is 13.2 Å². The highest BCUT2D eigenvalue weighted by Gasteiger charge is 2.33. The SMILES string of the molecule is O=C1N[C@H](C(=O)NCC2CC(NC(=O)c3ccccc3)C2)CO1. The third-order valence-corrected chi connectivity index (χ3v) is 4.16. The molecule has 7 nitrogen and oxygen atoms in total. The van der Waals surface area contributed by atoms with E-state index in [-0.39, 0.29) is 24.5 Å². The fraction of sp³-hybridized carbons (Fsp3) is 0.438. The van der Waals surface area contributed by atoms with Crippen LogP contribution in [0.4, 0.5) is 4.79 Å². The molecule has 122 valence electrons. The molecule has 3 N–H and O–H groups in total. The molecule has 7 heteroatoms. The van der Waals surface area contributed by atoms with Crippen LogP contribution in [0.25, 0.3) is 0 Å². The molecule has 1 heterocycles. The number of hydrogen-bond acceptors (Lipinski definition) is 4. The van der Waals surface area contributed by atoms with Crippen molar-refractivity contribution in [1.82, 2.24) is 16.0 Å². The number of carbonyl (C=O) groups is 3. The summed E-state index contributed by atoms with van der Waals surface area (Å²) < 4.78 is 4.68. The van der Waals surface area contributed by atoms with Crippen LogP contribution in [0, 0.1) is 5.92 Å². The zero-order valence-electron chi connectivity index (χ0n) is 12.6. The van der Waals surface area contributed by atoms with Crippen molar-refractivity contribution in [3.8, 4) is 0 Å². The number of hydrogen-bond donors (Lipinski definition) is 3. The Balaban J connectivity index is 1.34. The Hall–Kier alpha value is -2.57. The number of ether oxygens (including phenoxy) is 1. The van der Waals surface area contributed by atoms with E-state index in [1.54, 1.807) is 12.1 Å². The Morgan fingerprint density at radius 3 is 2.61 bits per heavy atom. The van der Waals surface area contributed by atoms with Gasteiger partial charge >= 0.3 is 6.09 Å². The zero-order valence-corrected chi connectivity index (χ0v) is 12.6. The van der Waals surface area contributed by atoms with Crippen LogP contribution in [0.1, 0.15) is 23.2 Å². The lowest BCUT2D eigenvalue weighted by Gasteiger charge is -2.36. The highest BCUT2D eigenvalue weighted by atomic mass is 16.6. The van der Waals surface area contributed by atoms with E-state index >= 15 is 0 Å². The molecule has 0 aromatic heterocycles. The van der Waals surface area contributed by atoms with Gasteiger partial charge in [-0.05, 0) is 30.9 Å². The molecule has 1 aromatic carbocycles. The highest BCUT2D eigenvalue weighted by molar-refractivity contribution is 5.94. The van der Waals surface area contributed by atoms with Gasteiger partial charge in [0.1, 0.15) is 12.6 Å². The van der Waals surface area contributed by atoms with E-state index in [4.69, 9.17) is 0 Å². The van der Waals surface area contributed by atoms with Crippen molar-refractivity contribution in [2.24, 2.45) is 5.92 Å². The molecule has 0 bridgehead atoms. The number of benzene rings is 1. The average molecular weight is 317 g/mol. The molecule has 0 unspecified atom stereocenters. The second-order valence-corrected chi connectivity index (χ2v) is 5.91. The molecule has 1 aliphatic heterocycles. The lowest BCUT2D eigenvalue weighted by Crippen LogP contribution is -2.50. The van der Waals surface area contributed by atoms with Gasteiger partial charge in [0.2, 0.25) is 5.91 Å². The third-order valence-electron chi connectivity index (χ3n) is 4.16. The minimum absolute atomic E-state index is 0.0658. The van der Waals surface area contributed by atoms with Crippen LogP contribution in [-0.2, 0) is 9.53 Å². The summed E-state index contributed by atoms with van der Waals surface area (Å²) in [6.07, 6.45) is 1.12. The maximum atomic E-state index is 12.0. The molecule has 3 amide bonds. The predicted molar refractivity (Wildman–Crippen MR) is 81.7 cm³/mol. The normalized spacial score (nSPS) is 25.7. The zero-order chi connectivity index (χ0) is 16.2. The maximum Gasteiger partial charge on any atom is 0.407 e. The van der Waals surface area contributed by atoms with Crippen LogP contribution in [0.15, 0.2) is 30.3 Å². The molecule has 1 aromatic rings. The first-order chi connectivity index (χ1) is 11.1. The second-order valence-electron chi connectivity index (χ2n) is 5.91.